The van der Waals surface area contributed by atoms with Gasteiger partial charge in [-0.25, -0.2) is 5.43 Å². The molecule has 0 radical (unpaired) electrons. The molecule has 0 fully saturated rings. The summed E-state index contributed by atoms with van der Waals surface area (Å²) in [6.45, 7) is 1.90. The summed E-state index contributed by atoms with van der Waals surface area (Å²) < 4.78 is 6.20. The van der Waals surface area contributed by atoms with E-state index in [1.807, 2.05) is 49.4 Å². The average Bonchev–Trinajstić information content (AvgIpc) is 2.93. The minimum Gasteiger partial charge on any atom is -0.497 e. The van der Waals surface area contributed by atoms with Crippen LogP contribution in [0, 0.1) is 6.92 Å². The van der Waals surface area contributed by atoms with E-state index in [1.54, 1.807) is 13.3 Å². The number of hydrogen-bond acceptors (Lipinski definition) is 3. The zero-order valence-corrected chi connectivity index (χ0v) is 14.8. The number of hydrazone groups is 1. The second-order valence-electron chi connectivity index (χ2n) is 5.29. The van der Waals surface area contributed by atoms with Crippen LogP contribution in [0.25, 0.3) is 10.9 Å². The van der Waals surface area contributed by atoms with E-state index in [1.165, 1.54) is 0 Å². The molecule has 2 aromatic carbocycles. The average molecular weight is 386 g/mol. The number of H-pyrrole nitrogens is 1. The van der Waals surface area contributed by atoms with Crippen LogP contribution in [0.4, 0.5) is 0 Å². The minimum atomic E-state index is -0.281. The molecule has 0 atom stereocenters. The number of halogens is 1. The zero-order valence-electron chi connectivity index (χ0n) is 13.3. The van der Waals surface area contributed by atoms with Crippen molar-refractivity contribution in [2.75, 3.05) is 7.11 Å². The minimum absolute atomic E-state index is 0.281. The summed E-state index contributed by atoms with van der Waals surface area (Å²) >= 11 is 3.38. The number of hydrogen-bond donors (Lipinski definition) is 2. The first-order chi connectivity index (χ1) is 11.6. The number of benzene rings is 2. The molecule has 6 heteroatoms. The molecule has 0 spiro atoms. The molecule has 0 aliphatic carbocycles. The molecule has 24 heavy (non-hydrogen) atoms. The Labute approximate surface area is 147 Å². The fraction of sp³-hybridized carbons (Fsp3) is 0.111. The molecule has 122 valence electrons. The highest BCUT2D eigenvalue weighted by Crippen LogP contribution is 2.25. The van der Waals surface area contributed by atoms with Crippen LogP contribution in [-0.4, -0.2) is 24.2 Å². The van der Waals surface area contributed by atoms with Crippen LogP contribution in [0.15, 0.2) is 52.0 Å². The maximum absolute atomic E-state index is 12.3. The van der Waals surface area contributed by atoms with Gasteiger partial charge in [-0.2, -0.15) is 5.10 Å². The highest BCUT2D eigenvalue weighted by Gasteiger charge is 2.14. The van der Waals surface area contributed by atoms with Gasteiger partial charge in [-0.1, -0.05) is 28.1 Å². The lowest BCUT2D eigenvalue weighted by atomic mass is 10.1. The summed E-state index contributed by atoms with van der Waals surface area (Å²) in [4.78, 5) is 15.5. The smallest absolute Gasteiger partial charge is 0.288 e. The van der Waals surface area contributed by atoms with Crippen LogP contribution < -0.4 is 10.2 Å². The first-order valence-corrected chi connectivity index (χ1v) is 8.13. The Hall–Kier alpha value is -2.60. The van der Waals surface area contributed by atoms with Crippen molar-refractivity contribution in [3.05, 3.63) is 63.8 Å². The first kappa shape index (κ1) is 16.3. The van der Waals surface area contributed by atoms with Crippen molar-refractivity contribution < 1.29 is 9.53 Å². The van der Waals surface area contributed by atoms with Gasteiger partial charge in [0.1, 0.15) is 11.4 Å². The van der Waals surface area contributed by atoms with E-state index in [2.05, 4.69) is 31.4 Å². The Morgan fingerprint density at radius 1 is 1.25 bits per heavy atom. The Balaban J connectivity index is 1.78. The molecule has 2 N–H and O–H groups in total. The topological polar surface area (TPSA) is 66.5 Å². The Morgan fingerprint density at radius 3 is 2.71 bits per heavy atom. The van der Waals surface area contributed by atoms with Gasteiger partial charge in [0.15, 0.2) is 0 Å². The third kappa shape index (κ3) is 3.33. The molecule has 1 heterocycles. The zero-order chi connectivity index (χ0) is 17.1. The van der Waals surface area contributed by atoms with E-state index in [4.69, 9.17) is 4.74 Å². The van der Waals surface area contributed by atoms with Crippen molar-refractivity contribution in [2.24, 2.45) is 5.10 Å². The van der Waals surface area contributed by atoms with Gasteiger partial charge in [0.2, 0.25) is 0 Å². The number of carbonyl (C=O) groups excluding carboxylic acids is 1. The molecule has 0 saturated heterocycles. The fourth-order valence-electron chi connectivity index (χ4n) is 2.44. The number of rotatable bonds is 4. The van der Waals surface area contributed by atoms with Crippen LogP contribution in [0.1, 0.15) is 21.6 Å². The largest absolute Gasteiger partial charge is 0.497 e. The van der Waals surface area contributed by atoms with Crippen LogP contribution in [0.5, 0.6) is 5.75 Å². The molecule has 0 unspecified atom stereocenters. The number of nitrogens with one attached hydrogen (secondary N) is 2. The van der Waals surface area contributed by atoms with Crippen LogP contribution in [0.2, 0.25) is 0 Å². The van der Waals surface area contributed by atoms with Crippen LogP contribution in [-0.2, 0) is 0 Å². The molecule has 3 rings (SSSR count). The number of fused-ring (bicyclic) bond motifs is 1. The molecular formula is C18H16BrN3O2. The van der Waals surface area contributed by atoms with E-state index in [9.17, 15) is 4.79 Å². The van der Waals surface area contributed by atoms with Gasteiger partial charge in [0.25, 0.3) is 5.91 Å². The number of amides is 1. The summed E-state index contributed by atoms with van der Waals surface area (Å²) in [7, 11) is 1.61. The Bertz CT molecular complexity index is 914. The molecule has 0 aliphatic heterocycles. The number of carbonyl (C=O) groups is 1. The standard InChI is InChI=1S/C18H16BrN3O2/c1-11-15-8-7-14(24-2)9-16(15)21-17(11)18(23)22-20-10-12-3-5-13(19)6-4-12/h3-10,21H,1-2H3,(H,22,23). The van der Waals surface area contributed by atoms with E-state index in [-0.39, 0.29) is 5.91 Å². The van der Waals surface area contributed by atoms with Crippen LogP contribution in [0.3, 0.4) is 0 Å². The Morgan fingerprint density at radius 2 is 2.00 bits per heavy atom. The third-order valence-corrected chi connectivity index (χ3v) is 4.27. The normalized spacial score (nSPS) is 11.1. The number of nitrogens with zero attached hydrogens (tertiary/aromatic N) is 1. The van der Waals surface area contributed by atoms with Gasteiger partial charge in [-0.05, 0) is 42.3 Å². The molecule has 0 saturated carbocycles. The fourth-order valence-corrected chi connectivity index (χ4v) is 2.71. The number of aromatic amines is 1. The van der Waals surface area contributed by atoms with Gasteiger partial charge >= 0.3 is 0 Å². The summed E-state index contributed by atoms with van der Waals surface area (Å²) in [6.07, 6.45) is 1.60. The predicted molar refractivity (Wildman–Crippen MR) is 98.8 cm³/mol. The molecule has 5 nitrogen and oxygen atoms in total. The number of aromatic nitrogens is 1. The second kappa shape index (κ2) is 6.88. The lowest BCUT2D eigenvalue weighted by molar-refractivity contribution is 0.0950. The summed E-state index contributed by atoms with van der Waals surface area (Å²) in [5.41, 5.74) is 5.67. The second-order valence-corrected chi connectivity index (χ2v) is 6.20. The lowest BCUT2D eigenvalue weighted by Gasteiger charge is -1.99. The van der Waals surface area contributed by atoms with Gasteiger partial charge in [0, 0.05) is 21.4 Å². The molecule has 3 aromatic rings. The number of methoxy groups -OCH3 is 1. The lowest BCUT2D eigenvalue weighted by Crippen LogP contribution is -2.18. The summed E-state index contributed by atoms with van der Waals surface area (Å²) in [5, 5.41) is 4.99. The first-order valence-electron chi connectivity index (χ1n) is 7.34. The number of ether oxygens (including phenoxy) is 1. The number of aryl methyl sites for hydroxylation is 1. The predicted octanol–water partition coefficient (Wildman–Crippen LogP) is 4.01. The van der Waals surface area contributed by atoms with Crippen molar-refractivity contribution in [3.8, 4) is 5.75 Å². The molecule has 1 aromatic heterocycles. The molecule has 0 aliphatic rings. The van der Waals surface area contributed by atoms with E-state index in [0.29, 0.717) is 5.69 Å². The third-order valence-electron chi connectivity index (χ3n) is 3.74. The van der Waals surface area contributed by atoms with Gasteiger partial charge < -0.3 is 9.72 Å². The monoisotopic (exact) mass is 385 g/mol. The van der Waals surface area contributed by atoms with Gasteiger partial charge in [-0.3, -0.25) is 4.79 Å². The Kier molecular flexibility index (Phi) is 4.66. The van der Waals surface area contributed by atoms with Gasteiger partial charge in [-0.15, -0.1) is 0 Å². The summed E-state index contributed by atoms with van der Waals surface area (Å²) in [6, 6.07) is 13.3. The van der Waals surface area contributed by atoms with E-state index in [0.717, 1.165) is 32.3 Å². The summed E-state index contributed by atoms with van der Waals surface area (Å²) in [5.74, 6) is 0.458. The van der Waals surface area contributed by atoms with Crippen molar-refractivity contribution in [3.63, 3.8) is 0 Å². The highest BCUT2D eigenvalue weighted by atomic mass is 79.9. The van der Waals surface area contributed by atoms with E-state index >= 15 is 0 Å². The maximum atomic E-state index is 12.3. The molecular weight excluding hydrogens is 370 g/mol. The highest BCUT2D eigenvalue weighted by molar-refractivity contribution is 9.10. The SMILES string of the molecule is COc1ccc2c(C)c(C(=O)NN=Cc3ccc(Br)cc3)[nH]c2c1. The van der Waals surface area contributed by atoms with Crippen molar-refractivity contribution in [2.45, 2.75) is 6.92 Å². The van der Waals surface area contributed by atoms with Gasteiger partial charge in [0.05, 0.1) is 13.3 Å². The van der Waals surface area contributed by atoms with E-state index < -0.39 is 0 Å². The van der Waals surface area contributed by atoms with Crippen LogP contribution >= 0.6 is 15.9 Å². The van der Waals surface area contributed by atoms with Crippen molar-refractivity contribution >= 4 is 39.0 Å². The van der Waals surface area contributed by atoms with Crippen molar-refractivity contribution in [1.29, 1.82) is 0 Å². The van der Waals surface area contributed by atoms with Crippen molar-refractivity contribution in [1.82, 2.24) is 10.4 Å². The molecule has 0 bridgehead atoms. The maximum Gasteiger partial charge on any atom is 0.288 e. The molecule has 1 amide bonds. The quantitative estimate of drug-likeness (QED) is 0.526.